The van der Waals surface area contributed by atoms with Gasteiger partial charge in [-0.05, 0) is 190 Å². The zero-order chi connectivity index (χ0) is 73.7. The Labute approximate surface area is 613 Å². The first-order valence-electron chi connectivity index (χ1n) is 30.6. The van der Waals surface area contributed by atoms with E-state index in [4.69, 9.17) is 71.2 Å². The van der Waals surface area contributed by atoms with Crippen LogP contribution in [0.3, 0.4) is 0 Å². The second-order valence-corrected chi connectivity index (χ2v) is 24.6. The fourth-order valence-electron chi connectivity index (χ4n) is 9.77. The van der Waals surface area contributed by atoms with E-state index in [9.17, 15) is 43.2 Å². The molecule has 1 fully saturated rings. The lowest BCUT2D eigenvalue weighted by Crippen LogP contribution is -2.35. The van der Waals surface area contributed by atoms with E-state index in [1.165, 1.54) is 52.0 Å². The number of rotatable bonds is 15. The minimum atomic E-state index is -2.61. The van der Waals surface area contributed by atoms with E-state index in [0.717, 1.165) is 24.1 Å². The zero-order valence-corrected chi connectivity index (χ0v) is 58.3. The SMILES string of the molecule is Cc1ccc(NC(=O)c2ccc(-n3ccccc3=O)cc2)c(C(=O)Nc2ccc(Cl)cn2)c1.N=S(=O)=O.O=C(Nc1ccc(Cl)cc1C(=O)Nc1ccc(Cl)cn1)c1ccc(-n2ccccc2=O)cc1.O=C(Nc1ccc(Cl)cc1C(=O)Nc1ccc(Cl)cn1)c1ccc(N2CCCCC2=O)cc1. The predicted molar refractivity (Wildman–Crippen MR) is 398 cm³/mol. The molecule has 12 rings (SSSR count). The van der Waals surface area contributed by atoms with Gasteiger partial charge >= 0.3 is 10.5 Å². The molecule has 6 heterocycles. The number of benzene rings is 6. The molecule has 7 N–H and O–H groups in total. The largest absolute Gasteiger partial charge is 0.321 e. The van der Waals surface area contributed by atoms with Gasteiger partial charge in [0.25, 0.3) is 46.6 Å². The molecule has 24 nitrogen and oxygen atoms in total. The molecule has 0 atom stereocenters. The molecule has 0 saturated carbocycles. The lowest BCUT2D eigenvalue weighted by molar-refractivity contribution is -0.119. The van der Waals surface area contributed by atoms with Crippen LogP contribution >= 0.6 is 58.0 Å². The number of amides is 7. The number of carbonyl (C=O) groups excluding carboxylic acids is 7. The van der Waals surface area contributed by atoms with Crippen LogP contribution in [0.4, 0.5) is 40.2 Å². The fraction of sp³-hybridized carbons (Fsp3) is 0.0685. The normalized spacial score (nSPS) is 11.3. The first-order chi connectivity index (χ1) is 49.4. The van der Waals surface area contributed by atoms with Crippen molar-refractivity contribution < 1.29 is 42.0 Å². The smallest absolute Gasteiger partial charge is 0.308 e. The predicted octanol–water partition coefficient (Wildman–Crippen LogP) is 14.8. The summed E-state index contributed by atoms with van der Waals surface area (Å²) in [5.41, 5.74) is 5.25. The Bertz CT molecular complexity index is 4990. The van der Waals surface area contributed by atoms with Crippen molar-refractivity contribution in [2.75, 3.05) is 43.3 Å². The molecule has 7 amide bonds. The van der Waals surface area contributed by atoms with Crippen LogP contribution in [0.2, 0.25) is 25.1 Å². The van der Waals surface area contributed by atoms with E-state index in [2.05, 4.69) is 46.9 Å². The van der Waals surface area contributed by atoms with Crippen molar-refractivity contribution in [3.8, 4) is 11.4 Å². The summed E-state index contributed by atoms with van der Waals surface area (Å²) in [7, 11) is -2.61. The van der Waals surface area contributed by atoms with Gasteiger partial charge in [-0.2, -0.15) is 13.2 Å². The zero-order valence-electron chi connectivity index (χ0n) is 53.7. The van der Waals surface area contributed by atoms with E-state index in [-0.39, 0.29) is 39.7 Å². The number of piperidine rings is 1. The van der Waals surface area contributed by atoms with Crippen LogP contribution in [0, 0.1) is 11.7 Å². The van der Waals surface area contributed by atoms with Gasteiger partial charge in [-0.1, -0.05) is 81.8 Å². The number of hydrogen-bond donors (Lipinski definition) is 7. The van der Waals surface area contributed by atoms with Crippen LogP contribution in [0.15, 0.2) is 241 Å². The average Bonchev–Trinajstić information content (AvgIpc) is 0.834. The van der Waals surface area contributed by atoms with Crippen molar-refractivity contribution in [3.63, 3.8) is 0 Å². The minimum Gasteiger partial charge on any atom is -0.321 e. The Balaban J connectivity index is 0.000000175. The van der Waals surface area contributed by atoms with E-state index in [1.807, 2.05) is 6.92 Å². The maximum absolute atomic E-state index is 12.9. The van der Waals surface area contributed by atoms with Gasteiger partial charge in [0.1, 0.15) is 17.5 Å². The number of nitrogens with zero attached hydrogens (tertiary/aromatic N) is 6. The van der Waals surface area contributed by atoms with Crippen LogP contribution in [0.1, 0.15) is 87.0 Å². The first-order valence-corrected chi connectivity index (χ1v) is 33.6. The van der Waals surface area contributed by atoms with Gasteiger partial charge in [-0.15, -0.1) is 0 Å². The summed E-state index contributed by atoms with van der Waals surface area (Å²) in [6.07, 6.45) is 9.96. The summed E-state index contributed by atoms with van der Waals surface area (Å²) < 4.78 is 25.8. The summed E-state index contributed by atoms with van der Waals surface area (Å²) in [5.74, 6) is -1.57. The van der Waals surface area contributed by atoms with Crippen molar-refractivity contribution in [3.05, 3.63) is 316 Å². The molecular formula is C73H56Cl5N13O11S. The molecule has 103 heavy (non-hydrogen) atoms. The molecule has 1 saturated heterocycles. The Morgan fingerprint density at radius 1 is 0.398 bits per heavy atom. The highest BCUT2D eigenvalue weighted by Crippen LogP contribution is 2.28. The lowest BCUT2D eigenvalue weighted by atomic mass is 10.1. The standard InChI is InChI=1S/C25H19ClN4O3.C24H20Cl2N4O3.C24H16Cl2N4O3.HNO2S/c1-16-5-11-21(20(14-16)25(33)29-22-12-8-18(26)15-27-22)28-24(32)17-6-9-19(10-7-17)30-13-3-2-4-23(30)31;2*25-16-6-10-20(19(13-16)24(33)29-21-11-7-17(26)14-27-21)28-23(32)15-4-8-18(9-5-15)30-12-2-1-3-22(30)31;1-4(2)3/h2-15H,1H3,(H,28,32)(H,27,29,33);4-11,13-14H,1-3,12H2,(H,28,32)(H,27,29,33);1-14H,(H,28,32)(H,27,29,33);1H. The molecule has 520 valence electrons. The van der Waals surface area contributed by atoms with Crippen molar-refractivity contribution in [1.82, 2.24) is 24.1 Å². The van der Waals surface area contributed by atoms with E-state index < -0.39 is 40.0 Å². The number of pyridine rings is 5. The van der Waals surface area contributed by atoms with Gasteiger partial charge in [0, 0.05) is 99.9 Å². The highest BCUT2D eigenvalue weighted by Gasteiger charge is 2.23. The fourth-order valence-corrected chi connectivity index (χ4v) is 10.4. The summed E-state index contributed by atoms with van der Waals surface area (Å²) in [6, 6.07) is 53.5. The molecule has 1 aliphatic heterocycles. The van der Waals surface area contributed by atoms with E-state index >= 15 is 0 Å². The highest BCUT2D eigenvalue weighted by molar-refractivity contribution is 7.60. The second kappa shape index (κ2) is 35.9. The van der Waals surface area contributed by atoms with Gasteiger partial charge in [0.15, 0.2) is 0 Å². The third-order valence-corrected chi connectivity index (χ3v) is 15.9. The van der Waals surface area contributed by atoms with Gasteiger partial charge in [-0.25, -0.2) is 15.0 Å². The molecule has 6 aromatic carbocycles. The number of anilines is 7. The number of halogens is 5. The van der Waals surface area contributed by atoms with Crippen molar-refractivity contribution in [2.45, 2.75) is 26.2 Å². The number of nitrogens with one attached hydrogen (secondary N) is 7. The third-order valence-electron chi connectivity index (χ3n) is 14.7. The van der Waals surface area contributed by atoms with Crippen LogP contribution < -0.4 is 47.9 Å². The summed E-state index contributed by atoms with van der Waals surface area (Å²) in [5, 5.41) is 18.3. The van der Waals surface area contributed by atoms with Gasteiger partial charge < -0.3 is 36.8 Å². The van der Waals surface area contributed by atoms with Crippen LogP contribution in [0.5, 0.6) is 0 Å². The molecule has 30 heteroatoms. The van der Waals surface area contributed by atoms with Crippen molar-refractivity contribution in [2.24, 2.45) is 0 Å². The molecule has 5 aromatic heterocycles. The third kappa shape index (κ3) is 21.5. The number of carbonyl (C=O) groups is 7. The Kier molecular flexibility index (Phi) is 26.2. The Morgan fingerprint density at radius 2 is 0.738 bits per heavy atom. The quantitative estimate of drug-likeness (QED) is 0.0502. The summed E-state index contributed by atoms with van der Waals surface area (Å²) >= 11 is 29.6. The van der Waals surface area contributed by atoms with E-state index in [1.54, 1.807) is 193 Å². The number of aryl methyl sites for hydroxylation is 1. The van der Waals surface area contributed by atoms with Crippen molar-refractivity contribution >= 4 is 150 Å². The molecular weight excluding hydrogens is 1440 g/mol. The monoisotopic (exact) mass is 1500 g/mol. The molecule has 1 aliphatic rings. The Morgan fingerprint density at radius 3 is 1.08 bits per heavy atom. The molecule has 0 aliphatic carbocycles. The Hall–Kier alpha value is -12.0. The topological polar surface area (TPSA) is 336 Å². The molecule has 11 aromatic rings. The number of aromatic nitrogens is 5. The lowest BCUT2D eigenvalue weighted by Gasteiger charge is -2.26. The van der Waals surface area contributed by atoms with Crippen LogP contribution in [-0.2, 0) is 15.3 Å². The number of hydrogen-bond acceptors (Lipinski definition) is 15. The van der Waals surface area contributed by atoms with Crippen LogP contribution in [-0.4, -0.2) is 80.4 Å². The first kappa shape index (κ1) is 75.2. The molecule has 0 spiro atoms. The van der Waals surface area contributed by atoms with E-state index in [0.29, 0.717) is 101 Å². The minimum absolute atomic E-state index is 0.0884. The molecule has 0 radical (unpaired) electrons. The van der Waals surface area contributed by atoms with Gasteiger partial charge in [0.2, 0.25) is 5.91 Å². The van der Waals surface area contributed by atoms with Gasteiger partial charge in [-0.3, -0.25) is 52.3 Å². The highest BCUT2D eigenvalue weighted by atomic mass is 35.5. The maximum Gasteiger partial charge on any atom is 0.308 e. The average molecular weight is 1500 g/mol. The van der Waals surface area contributed by atoms with Crippen molar-refractivity contribution in [1.29, 1.82) is 4.78 Å². The second-order valence-electron chi connectivity index (χ2n) is 21.9. The molecule has 0 bridgehead atoms. The van der Waals surface area contributed by atoms with Gasteiger partial charge in [0.05, 0.1) is 48.8 Å². The summed E-state index contributed by atoms with van der Waals surface area (Å²) in [6.45, 7) is 2.53. The molecule has 0 unspecified atom stereocenters. The summed E-state index contributed by atoms with van der Waals surface area (Å²) in [4.78, 5) is 127. The maximum atomic E-state index is 12.9. The van der Waals surface area contributed by atoms with Crippen LogP contribution in [0.25, 0.3) is 11.4 Å².